The molecular weight excluding hydrogens is 340 g/mol. The van der Waals surface area contributed by atoms with Gasteiger partial charge in [-0.15, -0.1) is 0 Å². The minimum absolute atomic E-state index is 0.111. The number of benzene rings is 2. The van der Waals surface area contributed by atoms with E-state index in [-0.39, 0.29) is 12.5 Å². The molecule has 0 aliphatic heterocycles. The van der Waals surface area contributed by atoms with Crippen molar-refractivity contribution in [3.8, 4) is 11.5 Å². The highest BCUT2D eigenvalue weighted by atomic mass is 16.5. The van der Waals surface area contributed by atoms with E-state index >= 15 is 0 Å². The van der Waals surface area contributed by atoms with Crippen LogP contribution in [0.5, 0.6) is 11.5 Å². The Morgan fingerprint density at radius 1 is 0.963 bits per heavy atom. The van der Waals surface area contributed by atoms with Crippen LogP contribution in [0.25, 0.3) is 0 Å². The van der Waals surface area contributed by atoms with Crippen LogP contribution in [0.4, 0.5) is 11.4 Å². The van der Waals surface area contributed by atoms with Crippen LogP contribution >= 0.6 is 0 Å². The van der Waals surface area contributed by atoms with Crippen LogP contribution in [0.1, 0.15) is 33.6 Å². The summed E-state index contributed by atoms with van der Waals surface area (Å²) < 4.78 is 11.3. The Morgan fingerprint density at radius 2 is 1.70 bits per heavy atom. The number of amides is 1. The lowest BCUT2D eigenvalue weighted by molar-refractivity contribution is -0.114. The van der Waals surface area contributed by atoms with E-state index in [0.717, 1.165) is 35.7 Å². The average molecular weight is 370 g/mol. The van der Waals surface area contributed by atoms with Gasteiger partial charge in [0, 0.05) is 17.4 Å². The van der Waals surface area contributed by atoms with Gasteiger partial charge in [0.15, 0.2) is 0 Å². The predicted octanol–water partition coefficient (Wildman–Crippen LogP) is 4.95. The maximum atomic E-state index is 12.1. The first kappa shape index (κ1) is 20.6. The summed E-state index contributed by atoms with van der Waals surface area (Å²) in [6.07, 6.45) is 1.98. The Kier molecular flexibility index (Phi) is 8.49. The second-order valence-electron chi connectivity index (χ2n) is 6.83. The van der Waals surface area contributed by atoms with Gasteiger partial charge in [-0.25, -0.2) is 0 Å². The van der Waals surface area contributed by atoms with Crippen LogP contribution in [-0.4, -0.2) is 25.7 Å². The molecule has 0 saturated carbocycles. The summed E-state index contributed by atoms with van der Waals surface area (Å²) in [6, 6.07) is 15.1. The Hall–Kier alpha value is -2.69. The lowest BCUT2D eigenvalue weighted by Gasteiger charge is -2.11. The molecule has 0 unspecified atom stereocenters. The van der Waals surface area contributed by atoms with Crippen molar-refractivity contribution in [2.75, 3.05) is 30.4 Å². The molecule has 5 heteroatoms. The highest BCUT2D eigenvalue weighted by molar-refractivity contribution is 5.93. The van der Waals surface area contributed by atoms with Crippen molar-refractivity contribution in [1.82, 2.24) is 0 Å². The molecule has 0 fully saturated rings. The molecule has 2 N–H and O–H groups in total. The van der Waals surface area contributed by atoms with Crippen LogP contribution in [0.2, 0.25) is 0 Å². The van der Waals surface area contributed by atoms with E-state index in [2.05, 4.69) is 31.4 Å². The maximum absolute atomic E-state index is 12.1. The zero-order chi connectivity index (χ0) is 19.5. The molecule has 1 amide bonds. The normalized spacial score (nSPS) is 10.5. The minimum atomic E-state index is -0.111. The minimum Gasteiger partial charge on any atom is -0.494 e. The first-order valence-corrected chi connectivity index (χ1v) is 9.56. The van der Waals surface area contributed by atoms with Crippen molar-refractivity contribution in [2.45, 2.75) is 33.6 Å². The first-order valence-electron chi connectivity index (χ1n) is 9.56. The van der Waals surface area contributed by atoms with E-state index in [9.17, 15) is 4.79 Å². The number of carbonyl (C=O) groups is 1. The van der Waals surface area contributed by atoms with E-state index in [1.807, 2.05) is 48.5 Å². The summed E-state index contributed by atoms with van der Waals surface area (Å²) in [5.41, 5.74) is 1.60. The lowest BCUT2D eigenvalue weighted by atomic mass is 10.1. The fraction of sp³-hybridized carbons (Fsp3) is 0.409. The highest BCUT2D eigenvalue weighted by Crippen LogP contribution is 2.18. The SMILES string of the molecule is CCCOc1cccc(NC(=O)CNc2ccc(OCCC(C)C)cc2)c1. The quantitative estimate of drug-likeness (QED) is 0.587. The summed E-state index contributed by atoms with van der Waals surface area (Å²) in [5.74, 6) is 2.12. The van der Waals surface area contributed by atoms with Gasteiger partial charge in [-0.05, 0) is 55.2 Å². The molecule has 0 heterocycles. The second-order valence-corrected chi connectivity index (χ2v) is 6.83. The number of hydrogen-bond donors (Lipinski definition) is 2. The van der Waals surface area contributed by atoms with Crippen LogP contribution in [0.15, 0.2) is 48.5 Å². The van der Waals surface area contributed by atoms with E-state index < -0.39 is 0 Å². The van der Waals surface area contributed by atoms with Crippen LogP contribution in [0.3, 0.4) is 0 Å². The van der Waals surface area contributed by atoms with Crippen LogP contribution < -0.4 is 20.1 Å². The Bertz CT molecular complexity index is 699. The number of rotatable bonds is 11. The van der Waals surface area contributed by atoms with Gasteiger partial charge in [-0.2, -0.15) is 0 Å². The lowest BCUT2D eigenvalue weighted by Crippen LogP contribution is -2.21. The standard InChI is InChI=1S/C22H30N2O3/c1-4-13-26-21-7-5-6-19(15-21)24-22(25)16-23-18-8-10-20(11-9-18)27-14-12-17(2)3/h5-11,15,17,23H,4,12-14,16H2,1-3H3,(H,24,25). The molecule has 0 aromatic heterocycles. The summed E-state index contributed by atoms with van der Waals surface area (Å²) >= 11 is 0. The molecule has 2 rings (SSSR count). The molecule has 27 heavy (non-hydrogen) atoms. The van der Waals surface area contributed by atoms with Crippen LogP contribution in [0, 0.1) is 5.92 Å². The van der Waals surface area contributed by atoms with Crippen molar-refractivity contribution in [2.24, 2.45) is 5.92 Å². The monoisotopic (exact) mass is 370 g/mol. The zero-order valence-electron chi connectivity index (χ0n) is 16.5. The largest absolute Gasteiger partial charge is 0.494 e. The van der Waals surface area contributed by atoms with Gasteiger partial charge in [-0.1, -0.05) is 26.8 Å². The average Bonchev–Trinajstić information content (AvgIpc) is 2.66. The predicted molar refractivity (Wildman–Crippen MR) is 111 cm³/mol. The first-order chi connectivity index (χ1) is 13.1. The molecule has 2 aromatic rings. The molecule has 0 spiro atoms. The molecule has 0 atom stereocenters. The number of ether oxygens (including phenoxy) is 2. The third-order valence-electron chi connectivity index (χ3n) is 3.86. The van der Waals surface area contributed by atoms with E-state index in [4.69, 9.17) is 9.47 Å². The van der Waals surface area contributed by atoms with Crippen molar-refractivity contribution in [3.05, 3.63) is 48.5 Å². The van der Waals surface area contributed by atoms with Crippen molar-refractivity contribution < 1.29 is 14.3 Å². The molecule has 2 aromatic carbocycles. The molecule has 0 saturated heterocycles. The van der Waals surface area contributed by atoms with Crippen molar-refractivity contribution in [3.63, 3.8) is 0 Å². The maximum Gasteiger partial charge on any atom is 0.243 e. The smallest absolute Gasteiger partial charge is 0.243 e. The molecular formula is C22H30N2O3. The van der Waals surface area contributed by atoms with Gasteiger partial charge < -0.3 is 20.1 Å². The molecule has 5 nitrogen and oxygen atoms in total. The Labute approximate surface area is 162 Å². The number of anilines is 2. The van der Waals surface area contributed by atoms with Gasteiger partial charge in [-0.3, -0.25) is 4.79 Å². The summed E-state index contributed by atoms with van der Waals surface area (Å²) in [6.45, 7) is 7.98. The van der Waals surface area contributed by atoms with Crippen molar-refractivity contribution >= 4 is 17.3 Å². The number of hydrogen-bond acceptors (Lipinski definition) is 4. The zero-order valence-corrected chi connectivity index (χ0v) is 16.5. The van der Waals surface area contributed by atoms with Crippen LogP contribution in [-0.2, 0) is 4.79 Å². The Morgan fingerprint density at radius 3 is 2.41 bits per heavy atom. The van der Waals surface area contributed by atoms with Crippen molar-refractivity contribution in [1.29, 1.82) is 0 Å². The van der Waals surface area contributed by atoms with Gasteiger partial charge in [0.2, 0.25) is 5.91 Å². The molecule has 0 aliphatic carbocycles. The third-order valence-corrected chi connectivity index (χ3v) is 3.86. The van der Waals surface area contributed by atoms with Gasteiger partial charge in [0.05, 0.1) is 19.8 Å². The third kappa shape index (κ3) is 8.03. The Balaban J connectivity index is 1.76. The van der Waals surface area contributed by atoms with Gasteiger partial charge in [0.25, 0.3) is 0 Å². The molecule has 0 radical (unpaired) electrons. The molecule has 0 aliphatic rings. The second kappa shape index (κ2) is 11.1. The highest BCUT2D eigenvalue weighted by Gasteiger charge is 2.04. The number of carbonyl (C=O) groups excluding carboxylic acids is 1. The topological polar surface area (TPSA) is 59.6 Å². The van der Waals surface area contributed by atoms with E-state index in [1.165, 1.54) is 0 Å². The summed E-state index contributed by atoms with van der Waals surface area (Å²) in [4.78, 5) is 12.1. The van der Waals surface area contributed by atoms with E-state index in [1.54, 1.807) is 0 Å². The fourth-order valence-corrected chi connectivity index (χ4v) is 2.35. The van der Waals surface area contributed by atoms with Gasteiger partial charge in [0.1, 0.15) is 11.5 Å². The summed E-state index contributed by atoms with van der Waals surface area (Å²) in [7, 11) is 0. The van der Waals surface area contributed by atoms with E-state index in [0.29, 0.717) is 19.1 Å². The van der Waals surface area contributed by atoms with Gasteiger partial charge >= 0.3 is 0 Å². The fourth-order valence-electron chi connectivity index (χ4n) is 2.35. The number of nitrogens with one attached hydrogen (secondary N) is 2. The summed E-state index contributed by atoms with van der Waals surface area (Å²) in [5, 5.41) is 5.99. The molecule has 146 valence electrons. The molecule has 0 bridgehead atoms.